The first-order chi connectivity index (χ1) is 16.6. The number of likely N-dealkylation sites (tertiary alicyclic amines) is 1. The minimum Gasteiger partial charge on any atom is -0.506 e. The number of rotatable bonds is 8. The zero-order chi connectivity index (χ0) is 25.4. The SMILES string of the molecule is CNC(=O)c1cc(C)n(CC(=O)N2C[C@@H]3C(CNC(=O)[C@@H](N)Cc4ccc(O)c(Cl)c4)[C@@H]3C2)c1C. The number of phenols is 1. The Labute approximate surface area is 209 Å². The minimum atomic E-state index is -0.708. The number of nitrogens with zero attached hydrogens (tertiary/aromatic N) is 2. The zero-order valence-electron chi connectivity index (χ0n) is 20.2. The molecule has 4 atom stereocenters. The Morgan fingerprint density at radius 2 is 1.89 bits per heavy atom. The highest BCUT2D eigenvalue weighted by atomic mass is 35.5. The van der Waals surface area contributed by atoms with Crippen LogP contribution in [0.5, 0.6) is 5.75 Å². The number of hydrogen-bond acceptors (Lipinski definition) is 5. The molecule has 1 unspecified atom stereocenters. The van der Waals surface area contributed by atoms with Crippen LogP contribution in [0.1, 0.15) is 27.3 Å². The fourth-order valence-electron chi connectivity index (χ4n) is 5.17. The highest BCUT2D eigenvalue weighted by molar-refractivity contribution is 6.32. The number of amides is 3. The average molecular weight is 502 g/mol. The van der Waals surface area contributed by atoms with Crippen LogP contribution in [0.4, 0.5) is 0 Å². The second kappa shape index (κ2) is 9.91. The van der Waals surface area contributed by atoms with E-state index < -0.39 is 6.04 Å². The third-order valence-corrected chi connectivity index (χ3v) is 7.68. The Kier molecular flexibility index (Phi) is 7.10. The van der Waals surface area contributed by atoms with Gasteiger partial charge in [-0.25, -0.2) is 0 Å². The summed E-state index contributed by atoms with van der Waals surface area (Å²) in [5.74, 6) is 0.786. The number of fused-ring (bicyclic) bond motifs is 1. The lowest BCUT2D eigenvalue weighted by Crippen LogP contribution is -2.43. The van der Waals surface area contributed by atoms with Gasteiger partial charge >= 0.3 is 0 Å². The first kappa shape index (κ1) is 25.1. The molecule has 1 saturated heterocycles. The summed E-state index contributed by atoms with van der Waals surface area (Å²) in [5.41, 5.74) is 9.08. The number of carbonyl (C=O) groups is 3. The molecule has 35 heavy (non-hydrogen) atoms. The molecular weight excluding hydrogens is 470 g/mol. The Hall–Kier alpha value is -3.04. The van der Waals surface area contributed by atoms with E-state index in [4.69, 9.17) is 17.3 Å². The molecule has 0 spiro atoms. The monoisotopic (exact) mass is 501 g/mol. The number of nitrogens with two attached hydrogens (primary N) is 1. The Morgan fingerprint density at radius 3 is 2.51 bits per heavy atom. The predicted molar refractivity (Wildman–Crippen MR) is 132 cm³/mol. The minimum absolute atomic E-state index is 0.00601. The number of hydrogen-bond donors (Lipinski definition) is 4. The van der Waals surface area contributed by atoms with Gasteiger partial charge in [0, 0.05) is 38.1 Å². The zero-order valence-corrected chi connectivity index (χ0v) is 20.9. The molecule has 9 nitrogen and oxygen atoms in total. The van der Waals surface area contributed by atoms with Gasteiger partial charge in [-0.15, -0.1) is 0 Å². The Bertz CT molecular complexity index is 1150. The first-order valence-corrected chi connectivity index (χ1v) is 12.2. The van der Waals surface area contributed by atoms with Gasteiger partial charge in [0.15, 0.2) is 0 Å². The molecule has 2 heterocycles. The van der Waals surface area contributed by atoms with Crippen molar-refractivity contribution in [1.29, 1.82) is 0 Å². The molecule has 1 aliphatic carbocycles. The van der Waals surface area contributed by atoms with Crippen molar-refractivity contribution >= 4 is 29.3 Å². The number of phenolic OH excluding ortho intramolecular Hbond substituents is 1. The standard InChI is InChI=1S/C25H32ClN5O4/c1-13-6-16(24(34)28-3)14(2)31(13)12-23(33)30-10-18-17(19(18)11-30)9-29-25(35)21(27)8-15-4-5-22(32)20(26)7-15/h4-7,17-19,21,32H,8-12,27H2,1-3H3,(H,28,34)(H,29,35)/t17?,18-,19+,21-/m0/s1. The third-order valence-electron chi connectivity index (χ3n) is 7.38. The number of piperidine rings is 1. The lowest BCUT2D eigenvalue weighted by Gasteiger charge is -2.22. The molecule has 5 N–H and O–H groups in total. The van der Waals surface area contributed by atoms with E-state index >= 15 is 0 Å². The molecule has 1 saturated carbocycles. The summed E-state index contributed by atoms with van der Waals surface area (Å²) < 4.78 is 1.89. The lowest BCUT2D eigenvalue weighted by molar-refractivity contribution is -0.131. The fraction of sp³-hybridized carbons (Fsp3) is 0.480. The molecule has 1 aromatic heterocycles. The summed E-state index contributed by atoms with van der Waals surface area (Å²) in [6.45, 7) is 5.88. The van der Waals surface area contributed by atoms with Gasteiger partial charge in [0.05, 0.1) is 16.6 Å². The maximum Gasteiger partial charge on any atom is 0.252 e. The molecule has 0 radical (unpaired) electrons. The van der Waals surface area contributed by atoms with Gasteiger partial charge in [0.1, 0.15) is 12.3 Å². The van der Waals surface area contributed by atoms with Crippen molar-refractivity contribution < 1.29 is 19.5 Å². The number of aromatic hydroxyl groups is 1. The molecule has 0 bridgehead atoms. The summed E-state index contributed by atoms with van der Waals surface area (Å²) in [7, 11) is 1.59. The highest BCUT2D eigenvalue weighted by Gasteiger charge is 2.56. The van der Waals surface area contributed by atoms with E-state index in [0.717, 1.165) is 17.0 Å². The first-order valence-electron chi connectivity index (χ1n) is 11.8. The van der Waals surface area contributed by atoms with Crippen molar-refractivity contribution in [2.45, 2.75) is 32.9 Å². The van der Waals surface area contributed by atoms with Crippen molar-refractivity contribution in [3.05, 3.63) is 51.8 Å². The number of nitrogens with one attached hydrogen (secondary N) is 2. The van der Waals surface area contributed by atoms with Gasteiger partial charge < -0.3 is 30.9 Å². The average Bonchev–Trinajstić information content (AvgIpc) is 3.13. The lowest BCUT2D eigenvalue weighted by atomic mass is 10.1. The molecule has 1 aromatic carbocycles. The molecule has 3 amide bonds. The van der Waals surface area contributed by atoms with Crippen LogP contribution in [0.3, 0.4) is 0 Å². The van der Waals surface area contributed by atoms with Crippen molar-refractivity contribution in [3.8, 4) is 5.75 Å². The molecule has 2 aromatic rings. The van der Waals surface area contributed by atoms with Crippen LogP contribution in [-0.4, -0.2) is 65.0 Å². The van der Waals surface area contributed by atoms with Gasteiger partial charge in [-0.1, -0.05) is 17.7 Å². The third kappa shape index (κ3) is 5.16. The largest absolute Gasteiger partial charge is 0.506 e. The molecule has 4 rings (SSSR count). The van der Waals surface area contributed by atoms with Crippen LogP contribution in [0.15, 0.2) is 24.3 Å². The molecule has 188 valence electrons. The van der Waals surface area contributed by atoms with E-state index in [0.29, 0.717) is 49.4 Å². The van der Waals surface area contributed by atoms with Crippen LogP contribution in [0, 0.1) is 31.6 Å². The molecule has 1 aliphatic heterocycles. The predicted octanol–water partition coefficient (Wildman–Crippen LogP) is 1.21. The van der Waals surface area contributed by atoms with Crippen molar-refractivity contribution in [1.82, 2.24) is 20.1 Å². The maximum absolute atomic E-state index is 12.9. The second-order valence-corrected chi connectivity index (χ2v) is 9.99. The molecule has 2 fully saturated rings. The van der Waals surface area contributed by atoms with E-state index in [9.17, 15) is 19.5 Å². The van der Waals surface area contributed by atoms with E-state index in [-0.39, 0.29) is 35.0 Å². The topological polar surface area (TPSA) is 130 Å². The molecular formula is C25H32ClN5O4. The van der Waals surface area contributed by atoms with E-state index in [2.05, 4.69) is 10.6 Å². The summed E-state index contributed by atoms with van der Waals surface area (Å²) in [6, 6.07) is 5.89. The summed E-state index contributed by atoms with van der Waals surface area (Å²) >= 11 is 5.92. The van der Waals surface area contributed by atoms with Crippen molar-refractivity contribution in [3.63, 3.8) is 0 Å². The van der Waals surface area contributed by atoms with Gasteiger partial charge in [0.25, 0.3) is 5.91 Å². The van der Waals surface area contributed by atoms with E-state index in [1.54, 1.807) is 19.2 Å². The maximum atomic E-state index is 12.9. The van der Waals surface area contributed by atoms with E-state index in [1.165, 1.54) is 6.07 Å². The molecule has 10 heteroatoms. The number of carbonyl (C=O) groups excluding carboxylic acids is 3. The normalized spacial score (nSPS) is 21.4. The highest BCUT2D eigenvalue weighted by Crippen LogP contribution is 2.51. The number of benzene rings is 1. The Balaban J connectivity index is 1.23. The molecule has 2 aliphatic rings. The Morgan fingerprint density at radius 1 is 1.20 bits per heavy atom. The van der Waals surface area contributed by atoms with Crippen molar-refractivity contribution in [2.75, 3.05) is 26.7 Å². The number of aryl methyl sites for hydroxylation is 1. The van der Waals surface area contributed by atoms with Gasteiger partial charge in [0.2, 0.25) is 11.8 Å². The van der Waals surface area contributed by atoms with Gasteiger partial charge in [-0.3, -0.25) is 14.4 Å². The van der Waals surface area contributed by atoms with Crippen LogP contribution in [0.25, 0.3) is 0 Å². The van der Waals surface area contributed by atoms with Crippen LogP contribution < -0.4 is 16.4 Å². The number of aromatic nitrogens is 1. The summed E-state index contributed by atoms with van der Waals surface area (Å²) in [4.78, 5) is 39.3. The smallest absolute Gasteiger partial charge is 0.252 e. The van der Waals surface area contributed by atoms with Gasteiger partial charge in [-0.2, -0.15) is 0 Å². The van der Waals surface area contributed by atoms with Gasteiger partial charge in [-0.05, 0) is 61.8 Å². The van der Waals surface area contributed by atoms with Crippen LogP contribution in [0.2, 0.25) is 5.02 Å². The summed E-state index contributed by atoms with van der Waals surface area (Å²) in [6.07, 6.45) is 0.325. The fourth-order valence-corrected chi connectivity index (χ4v) is 5.38. The van der Waals surface area contributed by atoms with Crippen molar-refractivity contribution in [2.24, 2.45) is 23.5 Å². The van der Waals surface area contributed by atoms with E-state index in [1.807, 2.05) is 29.4 Å². The summed E-state index contributed by atoms with van der Waals surface area (Å²) in [5, 5.41) is 15.3. The van der Waals surface area contributed by atoms with Crippen LogP contribution >= 0.6 is 11.6 Å². The van der Waals surface area contributed by atoms with Crippen LogP contribution in [-0.2, 0) is 22.6 Å². The second-order valence-electron chi connectivity index (χ2n) is 9.58. The quantitative estimate of drug-likeness (QED) is 0.432. The number of halogens is 1.